The average molecular weight is 643 g/mol. The zero-order valence-electron chi connectivity index (χ0n) is 27.6. The van der Waals surface area contributed by atoms with Gasteiger partial charge in [-0.1, -0.05) is 58.0 Å². The Kier molecular flexibility index (Phi) is 13.1. The quantitative estimate of drug-likeness (QED) is 0.267. The highest BCUT2D eigenvalue weighted by Gasteiger charge is 2.39. The summed E-state index contributed by atoms with van der Waals surface area (Å²) in [4.78, 5) is 81.8. The summed E-state index contributed by atoms with van der Waals surface area (Å²) in [5, 5.41) is 24.2. The van der Waals surface area contributed by atoms with Gasteiger partial charge in [0.05, 0.1) is 6.10 Å². The summed E-state index contributed by atoms with van der Waals surface area (Å²) in [6.45, 7) is 8.85. The van der Waals surface area contributed by atoms with Crippen molar-refractivity contribution in [3.05, 3.63) is 35.9 Å². The highest BCUT2D eigenvalue weighted by atomic mass is 16.3. The first-order chi connectivity index (χ1) is 21.7. The fraction of sp³-hybridized carbons (Fsp3) is 0.636. The van der Waals surface area contributed by atoms with Crippen LogP contribution < -0.4 is 26.6 Å². The highest BCUT2D eigenvalue weighted by Crippen LogP contribution is 2.20. The van der Waals surface area contributed by atoms with Crippen LogP contribution in [0.3, 0.4) is 0 Å². The zero-order valence-corrected chi connectivity index (χ0v) is 27.6. The third-order valence-electron chi connectivity index (χ3n) is 8.36. The van der Waals surface area contributed by atoms with E-state index in [0.29, 0.717) is 38.8 Å². The molecule has 0 bridgehead atoms. The van der Waals surface area contributed by atoms with Gasteiger partial charge < -0.3 is 36.6 Å². The molecule has 0 aromatic heterocycles. The van der Waals surface area contributed by atoms with Gasteiger partial charge in [0.25, 0.3) is 0 Å². The Morgan fingerprint density at radius 2 is 1.59 bits per heavy atom. The molecule has 1 aromatic rings. The number of fused-ring (bicyclic) bond motifs is 1. The standard InChI is InChI=1S/C33H50N6O7/c1-6-22-27(41)38-26(20(2)40)30(44)36-24(19-21-13-8-7-9-14-21)31(45)39-18-12-16-25(39)29(43)34-17-11-10-15-23(28(42)35-22)37-32(46)33(3,4)5/h7-9,13-14,20,22-26,40H,6,10-12,15-19H2,1-5H3,(H,34,43)(H,35,42)(H,36,44)(H,37,46)(H,38,41)/t20-,22+,23+,24-,25+,26+/m1/s1. The van der Waals surface area contributed by atoms with E-state index in [9.17, 15) is 33.9 Å². The lowest BCUT2D eigenvalue weighted by Crippen LogP contribution is -2.61. The molecule has 2 saturated heterocycles. The molecule has 2 heterocycles. The summed E-state index contributed by atoms with van der Waals surface area (Å²) >= 11 is 0. The van der Waals surface area contributed by atoms with Crippen LogP contribution in [0.2, 0.25) is 0 Å². The van der Waals surface area contributed by atoms with E-state index in [1.54, 1.807) is 27.7 Å². The Morgan fingerprint density at radius 1 is 0.913 bits per heavy atom. The third-order valence-corrected chi connectivity index (χ3v) is 8.36. The summed E-state index contributed by atoms with van der Waals surface area (Å²) < 4.78 is 0. The Balaban J connectivity index is 1.93. The van der Waals surface area contributed by atoms with Gasteiger partial charge in [-0.15, -0.1) is 0 Å². The first-order valence-corrected chi connectivity index (χ1v) is 16.2. The van der Waals surface area contributed by atoms with Gasteiger partial charge in [-0.25, -0.2) is 0 Å². The van der Waals surface area contributed by atoms with E-state index in [4.69, 9.17) is 0 Å². The van der Waals surface area contributed by atoms with E-state index in [2.05, 4.69) is 26.6 Å². The van der Waals surface area contributed by atoms with Crippen molar-refractivity contribution < 1.29 is 33.9 Å². The van der Waals surface area contributed by atoms with E-state index in [0.717, 1.165) is 5.56 Å². The minimum atomic E-state index is -1.44. The van der Waals surface area contributed by atoms with Crippen LogP contribution in [-0.2, 0) is 35.2 Å². The van der Waals surface area contributed by atoms with Crippen LogP contribution in [0.25, 0.3) is 0 Å². The van der Waals surface area contributed by atoms with Gasteiger partial charge in [-0.2, -0.15) is 0 Å². The van der Waals surface area contributed by atoms with E-state index in [-0.39, 0.29) is 31.1 Å². The first kappa shape index (κ1) is 36.5. The van der Waals surface area contributed by atoms with Crippen molar-refractivity contribution in [3.8, 4) is 0 Å². The molecule has 46 heavy (non-hydrogen) atoms. The molecule has 2 aliphatic rings. The maximum Gasteiger partial charge on any atom is 0.246 e. The second-order valence-corrected chi connectivity index (χ2v) is 13.2. The number of benzene rings is 1. The molecule has 0 radical (unpaired) electrons. The van der Waals surface area contributed by atoms with E-state index >= 15 is 0 Å². The minimum absolute atomic E-state index is 0.131. The Bertz CT molecular complexity index is 1250. The van der Waals surface area contributed by atoms with Crippen molar-refractivity contribution >= 4 is 35.4 Å². The van der Waals surface area contributed by atoms with Crippen LogP contribution in [-0.4, -0.2) is 94.9 Å². The van der Waals surface area contributed by atoms with E-state index < -0.39 is 65.4 Å². The molecule has 0 saturated carbocycles. The van der Waals surface area contributed by atoms with Crippen molar-refractivity contribution in [3.63, 3.8) is 0 Å². The van der Waals surface area contributed by atoms with Crippen LogP contribution in [0.15, 0.2) is 30.3 Å². The number of rotatable bonds is 5. The molecule has 254 valence electrons. The van der Waals surface area contributed by atoms with Gasteiger partial charge in [-0.05, 0) is 51.0 Å². The molecule has 6 N–H and O–H groups in total. The molecule has 0 spiro atoms. The molecule has 3 rings (SSSR count). The van der Waals surface area contributed by atoms with Crippen LogP contribution >= 0.6 is 0 Å². The van der Waals surface area contributed by atoms with Crippen molar-refractivity contribution in [1.29, 1.82) is 0 Å². The number of carbonyl (C=O) groups excluding carboxylic acids is 6. The topological polar surface area (TPSA) is 186 Å². The monoisotopic (exact) mass is 642 g/mol. The summed E-state index contributed by atoms with van der Waals surface area (Å²) in [6, 6.07) is 3.87. The van der Waals surface area contributed by atoms with Crippen LogP contribution in [0.5, 0.6) is 0 Å². The molecule has 2 fully saturated rings. The fourth-order valence-electron chi connectivity index (χ4n) is 5.55. The van der Waals surface area contributed by atoms with Crippen molar-refractivity contribution in [2.75, 3.05) is 13.1 Å². The Morgan fingerprint density at radius 3 is 2.22 bits per heavy atom. The lowest BCUT2D eigenvalue weighted by Gasteiger charge is -2.30. The number of nitrogens with zero attached hydrogens (tertiary/aromatic N) is 1. The lowest BCUT2D eigenvalue weighted by atomic mass is 9.94. The molecule has 1 aromatic carbocycles. The second-order valence-electron chi connectivity index (χ2n) is 13.2. The zero-order chi connectivity index (χ0) is 34.0. The number of nitrogens with one attached hydrogen (secondary N) is 5. The Labute approximate surface area is 271 Å². The SMILES string of the molecule is CC[C@@H]1NC(=O)[C@@H](NC(=O)C(C)(C)C)CCCCNC(=O)[C@@H]2CCCN2C(=O)[C@@H](Cc2ccccc2)NC(=O)[C@H]([C@@H](C)O)NC1=O. The van der Waals surface area contributed by atoms with Crippen molar-refractivity contribution in [2.24, 2.45) is 5.41 Å². The highest BCUT2D eigenvalue weighted by molar-refractivity contribution is 5.97. The number of hydrogen-bond acceptors (Lipinski definition) is 7. The summed E-state index contributed by atoms with van der Waals surface area (Å²) in [7, 11) is 0. The fourth-order valence-corrected chi connectivity index (χ4v) is 5.55. The number of aliphatic hydroxyl groups is 1. The Hall–Kier alpha value is -4.00. The van der Waals surface area contributed by atoms with Crippen molar-refractivity contribution in [1.82, 2.24) is 31.5 Å². The molecular weight excluding hydrogens is 592 g/mol. The number of amides is 6. The second kappa shape index (κ2) is 16.5. The van der Waals surface area contributed by atoms with Gasteiger partial charge in [-0.3, -0.25) is 28.8 Å². The van der Waals surface area contributed by atoms with Gasteiger partial charge in [0, 0.05) is 24.9 Å². The average Bonchev–Trinajstić information content (AvgIpc) is 3.50. The lowest BCUT2D eigenvalue weighted by molar-refractivity contribution is -0.142. The summed E-state index contributed by atoms with van der Waals surface area (Å²) in [6.07, 6.45) is 1.30. The molecular formula is C33H50N6O7. The predicted molar refractivity (Wildman–Crippen MR) is 171 cm³/mol. The third kappa shape index (κ3) is 10.0. The van der Waals surface area contributed by atoms with Gasteiger partial charge >= 0.3 is 0 Å². The van der Waals surface area contributed by atoms with Crippen LogP contribution in [0, 0.1) is 5.41 Å². The predicted octanol–water partition coefficient (Wildman–Crippen LogP) is 0.296. The van der Waals surface area contributed by atoms with Crippen molar-refractivity contribution in [2.45, 2.75) is 116 Å². The number of aliphatic hydroxyl groups excluding tert-OH is 1. The normalized spacial score (nSPS) is 26.7. The van der Waals surface area contributed by atoms with E-state index in [1.165, 1.54) is 11.8 Å². The molecule has 2 aliphatic heterocycles. The maximum atomic E-state index is 13.9. The molecule has 0 aliphatic carbocycles. The van der Waals surface area contributed by atoms with Gasteiger partial charge in [0.2, 0.25) is 35.4 Å². The first-order valence-electron chi connectivity index (χ1n) is 16.2. The largest absolute Gasteiger partial charge is 0.391 e. The van der Waals surface area contributed by atoms with E-state index in [1.807, 2.05) is 30.3 Å². The molecule has 13 nitrogen and oxygen atoms in total. The minimum Gasteiger partial charge on any atom is -0.391 e. The van der Waals surface area contributed by atoms with Gasteiger partial charge in [0.15, 0.2) is 0 Å². The smallest absolute Gasteiger partial charge is 0.246 e. The number of hydrogen-bond donors (Lipinski definition) is 6. The number of carbonyl (C=O) groups is 6. The maximum absolute atomic E-state index is 13.9. The molecule has 0 unspecified atom stereocenters. The molecule has 13 heteroatoms. The van der Waals surface area contributed by atoms with Crippen LogP contribution in [0.1, 0.15) is 78.7 Å². The van der Waals surface area contributed by atoms with Gasteiger partial charge in [0.1, 0.15) is 30.2 Å². The summed E-state index contributed by atoms with van der Waals surface area (Å²) in [5.41, 5.74) is 0.0143. The van der Waals surface area contributed by atoms with Crippen LogP contribution in [0.4, 0.5) is 0 Å². The summed E-state index contributed by atoms with van der Waals surface area (Å²) in [5.74, 6) is -3.11. The molecule has 6 amide bonds. The molecule has 6 atom stereocenters.